The van der Waals surface area contributed by atoms with Crippen molar-refractivity contribution in [2.75, 3.05) is 0 Å². The van der Waals surface area contributed by atoms with Crippen LogP contribution < -0.4 is 4.74 Å². The van der Waals surface area contributed by atoms with Crippen molar-refractivity contribution in [3.63, 3.8) is 0 Å². The summed E-state index contributed by atoms with van der Waals surface area (Å²) in [5, 5.41) is 0. The third-order valence-corrected chi connectivity index (χ3v) is 6.43. The summed E-state index contributed by atoms with van der Waals surface area (Å²) in [6.07, 6.45) is 0. The summed E-state index contributed by atoms with van der Waals surface area (Å²) in [5.41, 5.74) is 14.4. The van der Waals surface area contributed by atoms with Crippen molar-refractivity contribution in [2.24, 2.45) is 0 Å². The fourth-order valence-electron chi connectivity index (χ4n) is 4.21. The van der Waals surface area contributed by atoms with Crippen molar-refractivity contribution >= 4 is 0 Å². The average molecular weight is 342 g/mol. The Kier molecular flexibility index (Phi) is 3.73. The normalized spacial score (nSPS) is 12.0. The van der Waals surface area contributed by atoms with Gasteiger partial charge in [-0.2, -0.15) is 0 Å². The van der Waals surface area contributed by atoms with Crippen LogP contribution in [0.4, 0.5) is 0 Å². The Morgan fingerprint density at radius 1 is 0.577 bits per heavy atom. The topological polar surface area (TPSA) is 9.23 Å². The quantitative estimate of drug-likeness (QED) is 0.326. The van der Waals surface area contributed by atoms with Gasteiger partial charge in [0.2, 0.25) is 0 Å². The molecule has 0 unspecified atom stereocenters. The smallest absolute Gasteiger partial charge is 0.138 e. The van der Waals surface area contributed by atoms with Crippen molar-refractivity contribution < 1.29 is 4.74 Å². The minimum Gasteiger partial charge on any atom is -0.456 e. The molecule has 0 spiro atoms. The maximum atomic E-state index is 6.57. The van der Waals surface area contributed by atoms with E-state index in [1.165, 1.54) is 61.2 Å². The Morgan fingerprint density at radius 2 is 1.19 bits per heavy atom. The maximum absolute atomic E-state index is 6.57. The van der Waals surface area contributed by atoms with Crippen molar-refractivity contribution in [3.8, 4) is 33.8 Å². The summed E-state index contributed by atoms with van der Waals surface area (Å²) < 4.78 is 6.57. The lowest BCUT2D eigenvalue weighted by molar-refractivity contribution is 0.483. The third kappa shape index (κ3) is 2.16. The highest BCUT2D eigenvalue weighted by molar-refractivity contribution is 5.95. The zero-order chi connectivity index (χ0) is 18.7. The highest BCUT2D eigenvalue weighted by Gasteiger charge is 2.27. The number of benzene rings is 3. The predicted molar refractivity (Wildman–Crippen MR) is 111 cm³/mol. The van der Waals surface area contributed by atoms with E-state index in [1.807, 2.05) is 0 Å². The second kappa shape index (κ2) is 5.74. The predicted octanol–water partition coefficient (Wildman–Crippen LogP) is 7.29. The molecule has 26 heavy (non-hydrogen) atoms. The lowest BCUT2D eigenvalue weighted by atomic mass is 9.82. The molecule has 0 fully saturated rings. The molecule has 132 valence electrons. The first-order valence-electron chi connectivity index (χ1n) is 9.31. The molecule has 0 radical (unpaired) electrons. The Bertz CT molecular complexity index is 1070. The molecule has 0 atom stereocenters. The molecular formula is C25H26O. The minimum atomic E-state index is 0.945. The number of rotatable bonds is 0. The van der Waals surface area contributed by atoms with Gasteiger partial charge in [-0.3, -0.25) is 0 Å². The van der Waals surface area contributed by atoms with Gasteiger partial charge >= 0.3 is 0 Å². The zero-order valence-corrected chi connectivity index (χ0v) is 16.8. The summed E-state index contributed by atoms with van der Waals surface area (Å²) in [4.78, 5) is 0. The first kappa shape index (κ1) is 16.9. The summed E-state index contributed by atoms with van der Waals surface area (Å²) in [6.45, 7) is 15.5. The van der Waals surface area contributed by atoms with Gasteiger partial charge in [0.1, 0.15) is 11.5 Å². The molecule has 1 aliphatic heterocycles. The third-order valence-electron chi connectivity index (χ3n) is 6.43. The van der Waals surface area contributed by atoms with Crippen LogP contribution in [0.25, 0.3) is 22.3 Å². The van der Waals surface area contributed by atoms with E-state index in [9.17, 15) is 0 Å². The molecule has 3 aromatic rings. The molecule has 3 aromatic carbocycles. The fraction of sp³-hybridized carbons (Fsp3) is 0.280. The SMILES string of the molecule is Cc1cc2c(c(C)c1C)-c1c(C)c(C)c(C)c(C)c1Oc1ccccc1-2. The number of ether oxygens (including phenoxy) is 1. The molecular weight excluding hydrogens is 316 g/mol. The van der Waals surface area contributed by atoms with Gasteiger partial charge in [-0.25, -0.2) is 0 Å². The first-order valence-corrected chi connectivity index (χ1v) is 9.31. The molecule has 1 nitrogen and oxygen atoms in total. The van der Waals surface area contributed by atoms with E-state index in [2.05, 4.69) is 78.8 Å². The monoisotopic (exact) mass is 342 g/mol. The lowest BCUT2D eigenvalue weighted by Crippen LogP contribution is -2.01. The van der Waals surface area contributed by atoms with Crippen LogP contribution in [0.15, 0.2) is 30.3 Å². The van der Waals surface area contributed by atoms with E-state index in [1.54, 1.807) is 0 Å². The van der Waals surface area contributed by atoms with Crippen LogP contribution in [0, 0.1) is 48.5 Å². The zero-order valence-electron chi connectivity index (χ0n) is 16.8. The average Bonchev–Trinajstić information content (AvgIpc) is 2.78. The second-order valence-electron chi connectivity index (χ2n) is 7.67. The van der Waals surface area contributed by atoms with Gasteiger partial charge in [0.05, 0.1) is 0 Å². The van der Waals surface area contributed by atoms with Crippen molar-refractivity contribution in [2.45, 2.75) is 48.5 Å². The van der Waals surface area contributed by atoms with Crippen LogP contribution in [0.5, 0.6) is 11.5 Å². The molecule has 0 aliphatic carbocycles. The van der Waals surface area contributed by atoms with Gasteiger partial charge in [-0.05, 0) is 105 Å². The highest BCUT2D eigenvalue weighted by atomic mass is 16.5. The Balaban J connectivity index is 2.27. The Morgan fingerprint density at radius 3 is 1.92 bits per heavy atom. The molecule has 0 amide bonds. The van der Waals surface area contributed by atoms with Crippen LogP contribution in [0.3, 0.4) is 0 Å². The van der Waals surface area contributed by atoms with Gasteiger partial charge in [-0.15, -0.1) is 0 Å². The molecule has 0 bridgehead atoms. The lowest BCUT2D eigenvalue weighted by Gasteiger charge is -2.22. The summed E-state index contributed by atoms with van der Waals surface area (Å²) >= 11 is 0. The summed E-state index contributed by atoms with van der Waals surface area (Å²) in [5.74, 6) is 1.96. The standard InChI is InChI=1S/C25H26O/c1-13-12-21-20-10-8-9-11-22(20)26-25-19(7)16(4)15(3)18(6)24(25)23(21)17(5)14(13)2/h8-12H,1-7H3. The van der Waals surface area contributed by atoms with E-state index in [4.69, 9.17) is 4.74 Å². The summed E-state index contributed by atoms with van der Waals surface area (Å²) in [7, 11) is 0. The second-order valence-corrected chi connectivity index (χ2v) is 7.67. The van der Waals surface area contributed by atoms with Gasteiger partial charge in [-0.1, -0.05) is 24.3 Å². The first-order chi connectivity index (χ1) is 12.3. The van der Waals surface area contributed by atoms with Crippen molar-refractivity contribution in [1.29, 1.82) is 0 Å². The van der Waals surface area contributed by atoms with Crippen molar-refractivity contribution in [1.82, 2.24) is 0 Å². The molecule has 1 heterocycles. The van der Waals surface area contributed by atoms with Gasteiger partial charge in [0.25, 0.3) is 0 Å². The number of hydrogen-bond donors (Lipinski definition) is 0. The molecule has 1 heteroatoms. The van der Waals surface area contributed by atoms with Gasteiger partial charge in [0, 0.05) is 11.1 Å². The number of para-hydroxylation sites is 1. The van der Waals surface area contributed by atoms with Crippen LogP contribution in [0.2, 0.25) is 0 Å². The van der Waals surface area contributed by atoms with Crippen LogP contribution >= 0.6 is 0 Å². The molecule has 0 saturated heterocycles. The molecule has 0 aromatic heterocycles. The number of fused-ring (bicyclic) bond motifs is 5. The van der Waals surface area contributed by atoms with Gasteiger partial charge in [0.15, 0.2) is 0 Å². The van der Waals surface area contributed by atoms with E-state index >= 15 is 0 Å². The Labute approximate surface area is 156 Å². The van der Waals surface area contributed by atoms with E-state index in [0.29, 0.717) is 0 Å². The van der Waals surface area contributed by atoms with E-state index in [0.717, 1.165) is 11.5 Å². The van der Waals surface area contributed by atoms with Gasteiger partial charge < -0.3 is 4.74 Å². The fourth-order valence-corrected chi connectivity index (χ4v) is 4.21. The largest absolute Gasteiger partial charge is 0.456 e. The van der Waals surface area contributed by atoms with Crippen LogP contribution in [-0.4, -0.2) is 0 Å². The maximum Gasteiger partial charge on any atom is 0.138 e. The highest BCUT2D eigenvalue weighted by Crippen LogP contribution is 2.52. The molecule has 4 rings (SSSR count). The molecule has 0 N–H and O–H groups in total. The summed E-state index contributed by atoms with van der Waals surface area (Å²) in [6, 6.07) is 10.8. The van der Waals surface area contributed by atoms with Crippen LogP contribution in [0.1, 0.15) is 38.9 Å². The Hall–Kier alpha value is -2.54. The van der Waals surface area contributed by atoms with Crippen LogP contribution in [-0.2, 0) is 0 Å². The van der Waals surface area contributed by atoms with E-state index in [-0.39, 0.29) is 0 Å². The molecule has 0 saturated carbocycles. The van der Waals surface area contributed by atoms with Crippen molar-refractivity contribution in [3.05, 3.63) is 69.3 Å². The number of hydrogen-bond acceptors (Lipinski definition) is 1. The van der Waals surface area contributed by atoms with E-state index < -0.39 is 0 Å². The molecule has 1 aliphatic rings. The minimum absolute atomic E-state index is 0.945. The number of aryl methyl sites for hydroxylation is 1.